The summed E-state index contributed by atoms with van der Waals surface area (Å²) in [5.74, 6) is -0.00496. The van der Waals surface area contributed by atoms with Crippen molar-refractivity contribution in [1.29, 1.82) is 0 Å². The van der Waals surface area contributed by atoms with E-state index in [1.54, 1.807) is 17.0 Å². The largest absolute Gasteiger partial charge is 0.465 e. The van der Waals surface area contributed by atoms with Crippen LogP contribution in [0.2, 0.25) is 10.0 Å². The SMILES string of the molecule is CC1(C(=O)N2CCC(C(=O)N3C[C@@H](N(C(=O)O)C4CC4)[C@H](c4ccc(Cl)c(Cl)c4)C3)CC2)CC1. The van der Waals surface area contributed by atoms with Gasteiger partial charge in [-0.2, -0.15) is 0 Å². The Bertz CT molecular complexity index is 1000. The number of carbonyl (C=O) groups is 3. The molecule has 5 rings (SSSR count). The van der Waals surface area contributed by atoms with Gasteiger partial charge in [-0.05, 0) is 56.2 Å². The van der Waals surface area contributed by atoms with Gasteiger partial charge in [-0.25, -0.2) is 4.79 Å². The molecular formula is C25H31Cl2N3O4. The van der Waals surface area contributed by atoms with Crippen molar-refractivity contribution in [2.75, 3.05) is 26.2 Å². The van der Waals surface area contributed by atoms with E-state index in [1.807, 2.05) is 22.8 Å². The third-order valence-corrected chi connectivity index (χ3v) is 8.88. The van der Waals surface area contributed by atoms with Crippen LogP contribution in [0.1, 0.15) is 56.9 Å². The Morgan fingerprint density at radius 1 is 1.00 bits per heavy atom. The minimum absolute atomic E-state index is 0.0147. The van der Waals surface area contributed by atoms with Gasteiger partial charge in [0.15, 0.2) is 0 Å². The van der Waals surface area contributed by atoms with Gasteiger partial charge in [-0.1, -0.05) is 36.2 Å². The molecule has 0 spiro atoms. The van der Waals surface area contributed by atoms with Crippen molar-refractivity contribution in [2.45, 2.75) is 63.5 Å². The van der Waals surface area contributed by atoms with Crippen LogP contribution in [0, 0.1) is 11.3 Å². The highest BCUT2D eigenvalue weighted by atomic mass is 35.5. The predicted molar refractivity (Wildman–Crippen MR) is 129 cm³/mol. The Balaban J connectivity index is 1.31. The first kappa shape index (κ1) is 23.7. The van der Waals surface area contributed by atoms with E-state index in [-0.39, 0.29) is 41.1 Å². The second-order valence-electron chi connectivity index (χ2n) is 10.6. The zero-order chi connectivity index (χ0) is 24.2. The molecule has 2 saturated carbocycles. The molecule has 3 amide bonds. The number of rotatable bonds is 5. The Morgan fingerprint density at radius 3 is 2.24 bits per heavy atom. The van der Waals surface area contributed by atoms with E-state index < -0.39 is 6.09 Å². The first-order valence-electron chi connectivity index (χ1n) is 12.2. The van der Waals surface area contributed by atoms with Crippen molar-refractivity contribution in [3.05, 3.63) is 33.8 Å². The average molecular weight is 508 g/mol. The van der Waals surface area contributed by atoms with Crippen molar-refractivity contribution in [1.82, 2.24) is 14.7 Å². The number of amides is 3. The van der Waals surface area contributed by atoms with Crippen LogP contribution in [-0.2, 0) is 9.59 Å². The van der Waals surface area contributed by atoms with Gasteiger partial charge in [-0.15, -0.1) is 0 Å². The van der Waals surface area contributed by atoms with Crippen LogP contribution in [0.25, 0.3) is 0 Å². The van der Waals surface area contributed by atoms with E-state index in [2.05, 4.69) is 0 Å². The fraction of sp³-hybridized carbons (Fsp3) is 0.640. The maximum Gasteiger partial charge on any atom is 0.407 e. The molecule has 4 aliphatic rings. The monoisotopic (exact) mass is 507 g/mol. The molecule has 1 aromatic carbocycles. The number of benzene rings is 1. The quantitative estimate of drug-likeness (QED) is 0.637. The highest BCUT2D eigenvalue weighted by molar-refractivity contribution is 6.42. The Hall–Kier alpha value is -1.99. The van der Waals surface area contributed by atoms with Crippen LogP contribution in [0.3, 0.4) is 0 Å². The van der Waals surface area contributed by atoms with Gasteiger partial charge in [-0.3, -0.25) is 14.5 Å². The molecule has 2 atom stereocenters. The molecule has 184 valence electrons. The van der Waals surface area contributed by atoms with Gasteiger partial charge in [0.05, 0.1) is 16.1 Å². The number of hydrogen-bond acceptors (Lipinski definition) is 3. The first-order valence-corrected chi connectivity index (χ1v) is 13.0. The minimum atomic E-state index is -0.938. The van der Waals surface area contributed by atoms with Crippen molar-refractivity contribution in [2.24, 2.45) is 11.3 Å². The lowest BCUT2D eigenvalue weighted by molar-refractivity contribution is -0.142. The zero-order valence-corrected chi connectivity index (χ0v) is 20.9. The molecule has 2 aliphatic carbocycles. The van der Waals surface area contributed by atoms with Gasteiger partial charge in [0.25, 0.3) is 0 Å². The molecule has 34 heavy (non-hydrogen) atoms. The lowest BCUT2D eigenvalue weighted by Gasteiger charge is -2.34. The summed E-state index contributed by atoms with van der Waals surface area (Å²) in [4.78, 5) is 43.7. The Labute approximate surface area is 210 Å². The summed E-state index contributed by atoms with van der Waals surface area (Å²) in [5.41, 5.74) is 0.717. The van der Waals surface area contributed by atoms with Gasteiger partial charge < -0.3 is 14.9 Å². The third kappa shape index (κ3) is 4.49. The van der Waals surface area contributed by atoms with E-state index in [4.69, 9.17) is 23.2 Å². The van der Waals surface area contributed by atoms with Crippen LogP contribution < -0.4 is 0 Å². The smallest absolute Gasteiger partial charge is 0.407 e. The minimum Gasteiger partial charge on any atom is -0.465 e. The maximum absolute atomic E-state index is 13.5. The fourth-order valence-electron chi connectivity index (χ4n) is 5.61. The summed E-state index contributed by atoms with van der Waals surface area (Å²) in [5, 5.41) is 10.8. The van der Waals surface area contributed by atoms with Crippen molar-refractivity contribution < 1.29 is 19.5 Å². The molecule has 0 unspecified atom stereocenters. The van der Waals surface area contributed by atoms with Crippen molar-refractivity contribution >= 4 is 41.1 Å². The Kier molecular flexibility index (Phi) is 6.22. The normalized spacial score (nSPS) is 26.4. The average Bonchev–Trinajstić information content (AvgIpc) is 3.74. The summed E-state index contributed by atoms with van der Waals surface area (Å²) in [7, 11) is 0. The summed E-state index contributed by atoms with van der Waals surface area (Å²) >= 11 is 12.4. The molecule has 9 heteroatoms. The highest BCUT2D eigenvalue weighted by Gasteiger charge is 2.49. The standard InChI is InChI=1S/C25H31Cl2N3O4/c1-25(8-9-25)23(32)28-10-6-15(7-11-28)22(31)29-13-18(16-2-5-19(26)20(27)12-16)21(14-29)30(24(33)34)17-3-4-17/h2,5,12,15,17-18,21H,3-4,6-11,13-14H2,1H3,(H,33,34)/t18-,21+/m0/s1. The van der Waals surface area contributed by atoms with E-state index in [1.165, 1.54) is 0 Å². The molecule has 2 saturated heterocycles. The summed E-state index contributed by atoms with van der Waals surface area (Å²) in [6.45, 7) is 4.08. The molecule has 0 radical (unpaired) electrons. The number of halogens is 2. The molecule has 2 heterocycles. The highest BCUT2D eigenvalue weighted by Crippen LogP contribution is 2.47. The molecule has 2 aliphatic heterocycles. The first-order chi connectivity index (χ1) is 16.2. The topological polar surface area (TPSA) is 81.2 Å². The van der Waals surface area contributed by atoms with Gasteiger partial charge in [0.2, 0.25) is 11.8 Å². The lowest BCUT2D eigenvalue weighted by atomic mass is 9.93. The third-order valence-electron chi connectivity index (χ3n) is 8.14. The molecular weight excluding hydrogens is 477 g/mol. The summed E-state index contributed by atoms with van der Waals surface area (Å²) < 4.78 is 0. The number of carbonyl (C=O) groups excluding carboxylic acids is 2. The second-order valence-corrected chi connectivity index (χ2v) is 11.5. The molecule has 1 N–H and O–H groups in total. The van der Waals surface area contributed by atoms with Crippen molar-refractivity contribution in [3.63, 3.8) is 0 Å². The van der Waals surface area contributed by atoms with E-state index in [9.17, 15) is 19.5 Å². The van der Waals surface area contributed by atoms with E-state index in [0.717, 1.165) is 31.2 Å². The van der Waals surface area contributed by atoms with Crippen LogP contribution in [0.15, 0.2) is 18.2 Å². The van der Waals surface area contributed by atoms with Crippen LogP contribution in [0.4, 0.5) is 4.79 Å². The van der Waals surface area contributed by atoms with E-state index in [0.29, 0.717) is 49.1 Å². The van der Waals surface area contributed by atoms with E-state index >= 15 is 0 Å². The molecule has 1 aromatic rings. The summed E-state index contributed by atoms with van der Waals surface area (Å²) in [6, 6.07) is 5.11. The van der Waals surface area contributed by atoms with Crippen LogP contribution in [-0.4, -0.2) is 76.0 Å². The number of hydrogen-bond donors (Lipinski definition) is 1. The second kappa shape index (κ2) is 8.90. The molecule has 0 bridgehead atoms. The van der Waals surface area contributed by atoms with Gasteiger partial charge in [0, 0.05) is 49.5 Å². The molecule has 4 fully saturated rings. The van der Waals surface area contributed by atoms with Crippen LogP contribution >= 0.6 is 23.2 Å². The fourth-order valence-corrected chi connectivity index (χ4v) is 5.92. The van der Waals surface area contributed by atoms with Gasteiger partial charge >= 0.3 is 6.09 Å². The maximum atomic E-state index is 13.5. The zero-order valence-electron chi connectivity index (χ0n) is 19.4. The number of carboxylic acid groups (broad SMARTS) is 1. The van der Waals surface area contributed by atoms with Gasteiger partial charge in [0.1, 0.15) is 0 Å². The summed E-state index contributed by atoms with van der Waals surface area (Å²) in [6.07, 6.45) is 4.00. The molecule has 0 aromatic heterocycles. The van der Waals surface area contributed by atoms with Crippen molar-refractivity contribution in [3.8, 4) is 0 Å². The molecule has 7 nitrogen and oxygen atoms in total. The number of piperidine rings is 1. The number of likely N-dealkylation sites (tertiary alicyclic amines) is 2. The Morgan fingerprint density at radius 2 is 1.68 bits per heavy atom. The lowest BCUT2D eigenvalue weighted by Crippen LogP contribution is -2.47. The number of nitrogens with zero attached hydrogens (tertiary/aromatic N) is 3. The van der Waals surface area contributed by atoms with Crippen LogP contribution in [0.5, 0.6) is 0 Å². The predicted octanol–water partition coefficient (Wildman–Crippen LogP) is 4.47.